The van der Waals surface area contributed by atoms with Gasteiger partial charge >= 0.3 is 0 Å². The summed E-state index contributed by atoms with van der Waals surface area (Å²) >= 11 is 1.28. The third kappa shape index (κ3) is 3.28. The van der Waals surface area contributed by atoms with Crippen LogP contribution in [-0.2, 0) is 0 Å². The number of nitrogens with zero attached hydrogens (tertiary/aromatic N) is 3. The molecule has 4 nitrogen and oxygen atoms in total. The van der Waals surface area contributed by atoms with E-state index in [1.807, 2.05) is 11.8 Å². The van der Waals surface area contributed by atoms with Crippen LogP contribution in [0.1, 0.15) is 22.3 Å². The predicted octanol–water partition coefficient (Wildman–Crippen LogP) is 3.04. The summed E-state index contributed by atoms with van der Waals surface area (Å²) in [7, 11) is 0. The highest BCUT2D eigenvalue weighted by molar-refractivity contribution is 7.17. The molecule has 122 valence electrons. The van der Waals surface area contributed by atoms with Gasteiger partial charge in [-0.1, -0.05) is 19.1 Å². The Morgan fingerprint density at radius 1 is 1.26 bits per heavy atom. The Morgan fingerprint density at radius 3 is 2.61 bits per heavy atom. The lowest BCUT2D eigenvalue weighted by Gasteiger charge is -2.33. The van der Waals surface area contributed by atoms with Crippen LogP contribution in [0, 0.1) is 12.7 Å². The second-order valence-corrected chi connectivity index (χ2v) is 6.64. The number of piperazine rings is 1. The number of hydrogen-bond donors (Lipinski definition) is 0. The van der Waals surface area contributed by atoms with Gasteiger partial charge in [0.15, 0.2) is 0 Å². The fourth-order valence-corrected chi connectivity index (χ4v) is 3.82. The molecule has 0 bridgehead atoms. The quantitative estimate of drug-likeness (QED) is 0.866. The van der Waals surface area contributed by atoms with Crippen molar-refractivity contribution in [3.05, 3.63) is 40.7 Å². The highest BCUT2D eigenvalue weighted by atomic mass is 32.1. The predicted molar refractivity (Wildman–Crippen MR) is 90.3 cm³/mol. The van der Waals surface area contributed by atoms with Crippen molar-refractivity contribution in [2.75, 3.05) is 32.7 Å². The number of likely N-dealkylation sites (N-methyl/N-ethyl adjacent to an activating group) is 1. The van der Waals surface area contributed by atoms with Crippen molar-refractivity contribution < 1.29 is 9.18 Å². The SMILES string of the molecule is CCN1CCN(C(=O)c2sc(-c3ccccc3F)nc2C)CC1. The first-order valence-corrected chi connectivity index (χ1v) is 8.65. The number of aromatic nitrogens is 1. The van der Waals surface area contributed by atoms with Gasteiger partial charge in [-0.15, -0.1) is 11.3 Å². The summed E-state index contributed by atoms with van der Waals surface area (Å²) in [5.74, 6) is -0.296. The smallest absolute Gasteiger partial charge is 0.265 e. The first kappa shape index (κ1) is 16.1. The van der Waals surface area contributed by atoms with Gasteiger partial charge in [0, 0.05) is 31.7 Å². The van der Waals surface area contributed by atoms with Gasteiger partial charge in [0.25, 0.3) is 5.91 Å². The number of thiazole rings is 1. The molecule has 0 aliphatic carbocycles. The molecule has 2 heterocycles. The summed E-state index contributed by atoms with van der Waals surface area (Å²) in [6.45, 7) is 8.24. The number of rotatable bonds is 3. The maximum Gasteiger partial charge on any atom is 0.265 e. The Morgan fingerprint density at radius 2 is 1.96 bits per heavy atom. The van der Waals surface area contributed by atoms with E-state index in [1.54, 1.807) is 18.2 Å². The van der Waals surface area contributed by atoms with Crippen LogP contribution in [0.2, 0.25) is 0 Å². The maximum atomic E-state index is 13.9. The second kappa shape index (κ2) is 6.76. The highest BCUT2D eigenvalue weighted by Crippen LogP contribution is 2.30. The summed E-state index contributed by atoms with van der Waals surface area (Å²) < 4.78 is 13.9. The van der Waals surface area contributed by atoms with E-state index in [0.29, 0.717) is 21.1 Å². The van der Waals surface area contributed by atoms with E-state index in [9.17, 15) is 9.18 Å². The van der Waals surface area contributed by atoms with Crippen molar-refractivity contribution in [2.45, 2.75) is 13.8 Å². The van der Waals surface area contributed by atoms with Gasteiger partial charge in [-0.25, -0.2) is 9.37 Å². The number of carbonyl (C=O) groups excluding carboxylic acids is 1. The fraction of sp³-hybridized carbons (Fsp3) is 0.412. The molecule has 1 aliphatic rings. The molecule has 1 fully saturated rings. The molecular formula is C17H20FN3OS. The Hall–Kier alpha value is -1.79. The first-order valence-electron chi connectivity index (χ1n) is 7.84. The zero-order valence-corrected chi connectivity index (χ0v) is 14.2. The van der Waals surface area contributed by atoms with Crippen molar-refractivity contribution in [3.63, 3.8) is 0 Å². The van der Waals surface area contributed by atoms with Crippen LogP contribution in [0.15, 0.2) is 24.3 Å². The first-order chi connectivity index (χ1) is 11.1. The molecule has 0 radical (unpaired) electrons. The summed E-state index contributed by atoms with van der Waals surface area (Å²) in [5.41, 5.74) is 1.13. The van der Waals surface area contributed by atoms with E-state index < -0.39 is 0 Å². The number of benzene rings is 1. The van der Waals surface area contributed by atoms with E-state index in [-0.39, 0.29) is 11.7 Å². The maximum absolute atomic E-state index is 13.9. The average molecular weight is 333 g/mol. The van der Waals surface area contributed by atoms with Gasteiger partial charge in [-0.2, -0.15) is 0 Å². The molecule has 6 heteroatoms. The lowest BCUT2D eigenvalue weighted by atomic mass is 10.2. The number of aryl methyl sites for hydroxylation is 1. The standard InChI is InChI=1S/C17H20FN3OS/c1-3-20-8-10-21(11-9-20)17(22)15-12(2)19-16(23-15)13-6-4-5-7-14(13)18/h4-7H,3,8-11H2,1-2H3. The van der Waals surface area contributed by atoms with E-state index in [0.717, 1.165) is 32.7 Å². The molecule has 0 N–H and O–H groups in total. The zero-order valence-electron chi connectivity index (χ0n) is 13.4. The minimum Gasteiger partial charge on any atom is -0.335 e. The van der Waals surface area contributed by atoms with Gasteiger partial charge in [0.2, 0.25) is 0 Å². The Balaban J connectivity index is 1.81. The zero-order chi connectivity index (χ0) is 16.4. The third-order valence-electron chi connectivity index (χ3n) is 4.20. The van der Waals surface area contributed by atoms with Crippen molar-refractivity contribution >= 4 is 17.2 Å². The van der Waals surface area contributed by atoms with Crippen LogP contribution in [0.5, 0.6) is 0 Å². The molecule has 0 atom stereocenters. The molecule has 0 unspecified atom stereocenters. The van der Waals surface area contributed by atoms with Crippen molar-refractivity contribution in [1.29, 1.82) is 0 Å². The van der Waals surface area contributed by atoms with Gasteiger partial charge < -0.3 is 9.80 Å². The average Bonchev–Trinajstić information content (AvgIpc) is 2.96. The number of amides is 1. The van der Waals surface area contributed by atoms with Gasteiger partial charge in [0.05, 0.1) is 5.69 Å². The monoisotopic (exact) mass is 333 g/mol. The Labute approximate surface area is 139 Å². The van der Waals surface area contributed by atoms with Crippen LogP contribution in [0.4, 0.5) is 4.39 Å². The Kier molecular flexibility index (Phi) is 4.73. The second-order valence-electron chi connectivity index (χ2n) is 5.64. The third-order valence-corrected chi connectivity index (χ3v) is 5.38. The topological polar surface area (TPSA) is 36.4 Å². The van der Waals surface area contributed by atoms with Crippen molar-refractivity contribution in [2.24, 2.45) is 0 Å². The van der Waals surface area contributed by atoms with E-state index >= 15 is 0 Å². The number of hydrogen-bond acceptors (Lipinski definition) is 4. The van der Waals surface area contributed by atoms with E-state index in [4.69, 9.17) is 0 Å². The van der Waals surface area contributed by atoms with Crippen LogP contribution in [0.25, 0.3) is 10.6 Å². The molecule has 0 saturated carbocycles. The molecule has 2 aromatic rings. The summed E-state index contributed by atoms with van der Waals surface area (Å²) in [5, 5.41) is 0.566. The molecule has 3 rings (SSSR count). The molecule has 1 aliphatic heterocycles. The highest BCUT2D eigenvalue weighted by Gasteiger charge is 2.25. The largest absolute Gasteiger partial charge is 0.335 e. The molecule has 1 aromatic heterocycles. The van der Waals surface area contributed by atoms with Crippen LogP contribution in [0.3, 0.4) is 0 Å². The lowest BCUT2D eigenvalue weighted by Crippen LogP contribution is -2.48. The Bertz CT molecular complexity index is 708. The summed E-state index contributed by atoms with van der Waals surface area (Å²) in [6, 6.07) is 6.54. The molecule has 1 amide bonds. The molecule has 1 aromatic carbocycles. The molecule has 23 heavy (non-hydrogen) atoms. The fourth-order valence-electron chi connectivity index (χ4n) is 2.76. The normalized spacial score (nSPS) is 15.9. The lowest BCUT2D eigenvalue weighted by molar-refractivity contribution is 0.0647. The number of halogens is 1. The molecule has 1 saturated heterocycles. The molecule has 0 spiro atoms. The molecular weight excluding hydrogens is 313 g/mol. The van der Waals surface area contributed by atoms with Gasteiger partial charge in [0.1, 0.15) is 15.7 Å². The van der Waals surface area contributed by atoms with E-state index in [2.05, 4.69) is 16.8 Å². The summed E-state index contributed by atoms with van der Waals surface area (Å²) in [4.78, 5) is 22.0. The van der Waals surface area contributed by atoms with Crippen LogP contribution in [-0.4, -0.2) is 53.4 Å². The van der Waals surface area contributed by atoms with E-state index in [1.165, 1.54) is 17.4 Å². The van der Waals surface area contributed by atoms with Gasteiger partial charge in [-0.3, -0.25) is 4.79 Å². The van der Waals surface area contributed by atoms with Crippen LogP contribution >= 0.6 is 11.3 Å². The van der Waals surface area contributed by atoms with Gasteiger partial charge in [-0.05, 0) is 25.6 Å². The van der Waals surface area contributed by atoms with Crippen LogP contribution < -0.4 is 0 Å². The summed E-state index contributed by atoms with van der Waals surface area (Å²) in [6.07, 6.45) is 0. The minimum absolute atomic E-state index is 0.0124. The van der Waals surface area contributed by atoms with Crippen molar-refractivity contribution in [3.8, 4) is 10.6 Å². The number of carbonyl (C=O) groups is 1. The minimum atomic E-state index is -0.309. The van der Waals surface area contributed by atoms with Crippen molar-refractivity contribution in [1.82, 2.24) is 14.8 Å².